The molecule has 1 aliphatic heterocycles. The number of hydrogen-bond donors (Lipinski definition) is 1. The van der Waals surface area contributed by atoms with Crippen molar-refractivity contribution in [2.45, 2.75) is 6.29 Å². The van der Waals surface area contributed by atoms with E-state index in [9.17, 15) is 0 Å². The average Bonchev–Trinajstić information content (AvgIpc) is 3.35. The first kappa shape index (κ1) is 16.1. The Bertz CT molecular complexity index is 1320. The molecule has 0 saturated carbocycles. The molecule has 0 amide bonds. The normalized spacial score (nSPS) is 15.1. The molecule has 1 aliphatic rings. The van der Waals surface area contributed by atoms with Gasteiger partial charge in [-0.3, -0.25) is 0 Å². The summed E-state index contributed by atoms with van der Waals surface area (Å²) < 4.78 is 18.9. The van der Waals surface area contributed by atoms with Gasteiger partial charge in [0.05, 0.1) is 11.1 Å². The quantitative estimate of drug-likeness (QED) is 0.377. The number of aromatic amines is 1. The molecule has 3 aromatic carbocycles. The molecule has 140 valence electrons. The summed E-state index contributed by atoms with van der Waals surface area (Å²) in [6.45, 7) is 0. The number of rotatable bonds is 2. The number of ether oxygens (including phenoxy) is 2. The maximum absolute atomic E-state index is 6.36. The Kier molecular flexibility index (Phi) is 3.50. The summed E-state index contributed by atoms with van der Waals surface area (Å²) in [5, 5.41) is 1.07. The lowest BCUT2D eigenvalue weighted by atomic mass is 10.1. The van der Waals surface area contributed by atoms with Crippen molar-refractivity contribution in [3.05, 3.63) is 96.7 Å². The van der Waals surface area contributed by atoms with E-state index >= 15 is 0 Å². The second-order valence-electron chi connectivity index (χ2n) is 7.02. The molecule has 1 N–H and O–H groups in total. The van der Waals surface area contributed by atoms with Gasteiger partial charge in [-0.05, 0) is 18.2 Å². The fourth-order valence-corrected chi connectivity index (χ4v) is 3.82. The third-order valence-electron chi connectivity index (χ3n) is 5.23. The summed E-state index contributed by atoms with van der Waals surface area (Å²) in [5.41, 5.74) is 3.88. The van der Waals surface area contributed by atoms with Gasteiger partial charge in [0.25, 0.3) is 6.29 Å². The van der Waals surface area contributed by atoms with E-state index in [1.165, 1.54) is 0 Å². The van der Waals surface area contributed by atoms with Crippen molar-refractivity contribution in [1.29, 1.82) is 0 Å². The second kappa shape index (κ2) is 6.31. The predicted octanol–water partition coefficient (Wildman–Crippen LogP) is 6.56. The average molecular weight is 379 g/mol. The van der Waals surface area contributed by atoms with E-state index in [-0.39, 0.29) is 0 Å². The smallest absolute Gasteiger partial charge is 0.269 e. The Morgan fingerprint density at radius 2 is 1.48 bits per heavy atom. The highest BCUT2D eigenvalue weighted by molar-refractivity contribution is 5.84. The molecule has 0 radical (unpaired) electrons. The van der Waals surface area contributed by atoms with E-state index in [4.69, 9.17) is 13.9 Å². The van der Waals surface area contributed by atoms with Crippen LogP contribution in [0.3, 0.4) is 0 Å². The summed E-state index contributed by atoms with van der Waals surface area (Å²) >= 11 is 0. The van der Waals surface area contributed by atoms with Gasteiger partial charge >= 0.3 is 0 Å². The molecule has 2 aromatic heterocycles. The fourth-order valence-electron chi connectivity index (χ4n) is 3.82. The molecule has 4 heteroatoms. The number of para-hydroxylation sites is 2. The monoisotopic (exact) mass is 379 g/mol. The van der Waals surface area contributed by atoms with Crippen molar-refractivity contribution in [2.75, 3.05) is 0 Å². The number of H-pyrrole nitrogens is 1. The zero-order valence-electron chi connectivity index (χ0n) is 15.5. The Labute approximate surface area is 167 Å². The lowest BCUT2D eigenvalue weighted by Crippen LogP contribution is -2.13. The summed E-state index contributed by atoms with van der Waals surface area (Å²) in [5.74, 6) is 2.85. The van der Waals surface area contributed by atoms with Crippen LogP contribution < -0.4 is 9.47 Å². The van der Waals surface area contributed by atoms with Crippen molar-refractivity contribution in [1.82, 2.24) is 4.98 Å². The van der Waals surface area contributed by atoms with Crippen molar-refractivity contribution >= 4 is 10.9 Å². The topological polar surface area (TPSA) is 47.4 Å². The van der Waals surface area contributed by atoms with Crippen LogP contribution in [0.4, 0.5) is 0 Å². The number of fused-ring (bicyclic) bond motifs is 4. The highest BCUT2D eigenvalue weighted by Crippen LogP contribution is 2.47. The molecule has 0 saturated heterocycles. The SMILES string of the molecule is c1ccc(-c2cc3c(o2)-c2ccccc2OC(c2c[nH]c4ccccc24)O3)cc1. The third-order valence-corrected chi connectivity index (χ3v) is 5.23. The Morgan fingerprint density at radius 3 is 2.41 bits per heavy atom. The van der Waals surface area contributed by atoms with Crippen LogP contribution >= 0.6 is 0 Å². The van der Waals surface area contributed by atoms with Crippen LogP contribution in [0.1, 0.15) is 11.9 Å². The Hall–Kier alpha value is -3.92. The van der Waals surface area contributed by atoms with Gasteiger partial charge in [-0.1, -0.05) is 60.7 Å². The lowest BCUT2D eigenvalue weighted by Gasteiger charge is -2.17. The molecule has 0 bridgehead atoms. The molecule has 0 spiro atoms. The number of nitrogens with one attached hydrogen (secondary N) is 1. The summed E-state index contributed by atoms with van der Waals surface area (Å²) in [6.07, 6.45) is 1.36. The van der Waals surface area contributed by atoms with Gasteiger partial charge in [-0.2, -0.15) is 0 Å². The number of benzene rings is 3. The van der Waals surface area contributed by atoms with Crippen molar-refractivity contribution < 1.29 is 13.9 Å². The zero-order valence-corrected chi connectivity index (χ0v) is 15.5. The van der Waals surface area contributed by atoms with Gasteiger partial charge in [-0.25, -0.2) is 0 Å². The number of aromatic nitrogens is 1. The van der Waals surface area contributed by atoms with E-state index in [2.05, 4.69) is 11.1 Å². The Morgan fingerprint density at radius 1 is 0.724 bits per heavy atom. The molecule has 6 rings (SSSR count). The van der Waals surface area contributed by atoms with Crippen LogP contribution in [0.2, 0.25) is 0 Å². The fraction of sp³-hybridized carbons (Fsp3) is 0.0400. The molecule has 29 heavy (non-hydrogen) atoms. The minimum Gasteiger partial charge on any atom is -0.452 e. The molecule has 1 atom stereocenters. The third kappa shape index (κ3) is 2.61. The summed E-state index contributed by atoms with van der Waals surface area (Å²) in [4.78, 5) is 3.30. The van der Waals surface area contributed by atoms with Gasteiger partial charge < -0.3 is 18.9 Å². The first-order valence-electron chi connectivity index (χ1n) is 9.55. The maximum atomic E-state index is 6.36. The molecule has 1 unspecified atom stereocenters. The minimum atomic E-state index is -0.588. The first-order valence-corrected chi connectivity index (χ1v) is 9.55. The molecule has 4 nitrogen and oxygen atoms in total. The van der Waals surface area contributed by atoms with Crippen LogP contribution in [-0.2, 0) is 0 Å². The molecular weight excluding hydrogens is 362 g/mol. The highest BCUT2D eigenvalue weighted by atomic mass is 16.7. The van der Waals surface area contributed by atoms with Crippen LogP contribution in [0.15, 0.2) is 95.5 Å². The van der Waals surface area contributed by atoms with Crippen LogP contribution in [-0.4, -0.2) is 4.98 Å². The standard InChI is InChI=1S/C25H17NO3/c1-2-8-16(9-3-1)22-14-23-24(27-22)18-11-5-7-13-21(18)28-25(29-23)19-15-26-20-12-6-4-10-17(19)20/h1-15,25-26H. The van der Waals surface area contributed by atoms with Crippen LogP contribution in [0, 0.1) is 0 Å². The molecule has 5 aromatic rings. The molecule has 3 heterocycles. The van der Waals surface area contributed by atoms with Gasteiger partial charge in [-0.15, -0.1) is 0 Å². The zero-order chi connectivity index (χ0) is 19.2. The maximum Gasteiger partial charge on any atom is 0.269 e. The summed E-state index contributed by atoms with van der Waals surface area (Å²) in [6, 6.07) is 28.0. The predicted molar refractivity (Wildman–Crippen MR) is 112 cm³/mol. The molecular formula is C25H17NO3. The van der Waals surface area contributed by atoms with E-state index in [0.717, 1.165) is 39.1 Å². The first-order chi connectivity index (χ1) is 14.4. The number of hydrogen-bond acceptors (Lipinski definition) is 3. The minimum absolute atomic E-state index is 0.588. The van der Waals surface area contributed by atoms with Crippen molar-refractivity contribution in [3.8, 4) is 34.1 Å². The molecule has 0 aliphatic carbocycles. The van der Waals surface area contributed by atoms with Gasteiger partial charge in [0, 0.05) is 28.7 Å². The summed E-state index contributed by atoms with van der Waals surface area (Å²) in [7, 11) is 0. The highest BCUT2D eigenvalue weighted by Gasteiger charge is 2.29. The van der Waals surface area contributed by atoms with E-state index in [0.29, 0.717) is 11.5 Å². The number of furan rings is 1. The van der Waals surface area contributed by atoms with Gasteiger partial charge in [0.15, 0.2) is 11.5 Å². The van der Waals surface area contributed by atoms with E-state index < -0.39 is 6.29 Å². The lowest BCUT2D eigenvalue weighted by molar-refractivity contribution is 0.00884. The largest absolute Gasteiger partial charge is 0.452 e. The van der Waals surface area contributed by atoms with Crippen LogP contribution in [0.25, 0.3) is 33.6 Å². The van der Waals surface area contributed by atoms with E-state index in [1.807, 2.05) is 85.1 Å². The Balaban J connectivity index is 1.52. The van der Waals surface area contributed by atoms with E-state index in [1.54, 1.807) is 0 Å². The van der Waals surface area contributed by atoms with Gasteiger partial charge in [0.2, 0.25) is 0 Å². The van der Waals surface area contributed by atoms with Gasteiger partial charge in [0.1, 0.15) is 11.5 Å². The van der Waals surface area contributed by atoms with Crippen molar-refractivity contribution in [3.63, 3.8) is 0 Å². The van der Waals surface area contributed by atoms with Crippen LogP contribution in [0.5, 0.6) is 11.5 Å². The van der Waals surface area contributed by atoms with Crippen molar-refractivity contribution in [2.24, 2.45) is 0 Å². The molecule has 0 fully saturated rings. The second-order valence-corrected chi connectivity index (χ2v) is 7.02.